The van der Waals surface area contributed by atoms with Crippen molar-refractivity contribution in [3.63, 3.8) is 0 Å². The van der Waals surface area contributed by atoms with Crippen LogP contribution in [0.15, 0.2) is 0 Å². The van der Waals surface area contributed by atoms with Gasteiger partial charge in [-0.2, -0.15) is 0 Å². The molecule has 0 aliphatic carbocycles. The van der Waals surface area contributed by atoms with Crippen molar-refractivity contribution in [2.75, 3.05) is 39.6 Å². The van der Waals surface area contributed by atoms with Gasteiger partial charge in [0, 0.05) is 12.8 Å². The normalized spacial score (nSPS) is 31.2. The van der Waals surface area contributed by atoms with Gasteiger partial charge in [0.1, 0.15) is 5.78 Å². The van der Waals surface area contributed by atoms with Crippen molar-refractivity contribution in [1.29, 1.82) is 0 Å². The van der Waals surface area contributed by atoms with E-state index in [1.807, 2.05) is 0 Å². The van der Waals surface area contributed by atoms with Crippen molar-refractivity contribution < 1.29 is 23.7 Å². The minimum absolute atomic E-state index is 0.0780. The molecule has 2 fully saturated rings. The molecule has 0 saturated carbocycles. The largest absolute Gasteiger partial charge is 0.376 e. The number of Topliss-reactive ketones (excluding diaryl/α,β-unsaturated/α-hetero) is 1. The van der Waals surface area contributed by atoms with Crippen LogP contribution in [0.2, 0.25) is 0 Å². The third kappa shape index (κ3) is 3.83. The second-order valence-corrected chi connectivity index (χ2v) is 4.08. The second-order valence-electron chi connectivity index (χ2n) is 4.08. The fourth-order valence-corrected chi connectivity index (χ4v) is 1.90. The molecule has 0 bridgehead atoms. The summed E-state index contributed by atoms with van der Waals surface area (Å²) in [6, 6.07) is 0. The molecule has 2 saturated heterocycles. The molecule has 16 heavy (non-hydrogen) atoms. The first-order valence-electron chi connectivity index (χ1n) is 5.75. The Morgan fingerprint density at radius 3 is 1.75 bits per heavy atom. The molecule has 5 nitrogen and oxygen atoms in total. The van der Waals surface area contributed by atoms with Gasteiger partial charge in [0.2, 0.25) is 0 Å². The average molecular weight is 230 g/mol. The molecule has 5 heteroatoms. The lowest BCUT2D eigenvalue weighted by atomic mass is 10.1. The van der Waals surface area contributed by atoms with Crippen molar-refractivity contribution >= 4 is 5.78 Å². The molecule has 0 aromatic carbocycles. The Balaban J connectivity index is 1.66. The van der Waals surface area contributed by atoms with E-state index in [2.05, 4.69) is 0 Å². The van der Waals surface area contributed by atoms with Crippen molar-refractivity contribution in [3.8, 4) is 0 Å². The molecule has 0 aromatic rings. The summed E-state index contributed by atoms with van der Waals surface area (Å²) < 4.78 is 21.3. The van der Waals surface area contributed by atoms with Gasteiger partial charge in [-0.05, 0) is 0 Å². The van der Waals surface area contributed by atoms with E-state index in [4.69, 9.17) is 18.9 Å². The molecule has 2 aliphatic rings. The molecule has 0 aromatic heterocycles. The second kappa shape index (κ2) is 6.30. The Bertz CT molecular complexity index is 196. The molecule has 0 amide bonds. The van der Waals surface area contributed by atoms with E-state index in [0.717, 1.165) is 0 Å². The first-order valence-corrected chi connectivity index (χ1v) is 5.75. The molecular weight excluding hydrogens is 212 g/mol. The topological polar surface area (TPSA) is 54.0 Å². The molecule has 92 valence electrons. The monoisotopic (exact) mass is 230 g/mol. The number of rotatable bonds is 4. The summed E-state index contributed by atoms with van der Waals surface area (Å²) in [4.78, 5) is 11.7. The van der Waals surface area contributed by atoms with E-state index >= 15 is 0 Å². The summed E-state index contributed by atoms with van der Waals surface area (Å²) in [6.45, 7) is 3.47. The lowest BCUT2D eigenvalue weighted by Crippen LogP contribution is -2.34. The van der Waals surface area contributed by atoms with Crippen molar-refractivity contribution in [2.24, 2.45) is 0 Å². The van der Waals surface area contributed by atoms with E-state index < -0.39 is 0 Å². The Labute approximate surface area is 95.0 Å². The number of ether oxygens (including phenoxy) is 4. The van der Waals surface area contributed by atoms with Gasteiger partial charge in [-0.25, -0.2) is 0 Å². The number of ketones is 1. The van der Waals surface area contributed by atoms with Gasteiger partial charge in [0.15, 0.2) is 0 Å². The summed E-state index contributed by atoms with van der Waals surface area (Å²) in [5, 5.41) is 0. The van der Waals surface area contributed by atoms with E-state index in [-0.39, 0.29) is 18.0 Å². The van der Waals surface area contributed by atoms with Gasteiger partial charge in [0.25, 0.3) is 0 Å². The maximum Gasteiger partial charge on any atom is 0.138 e. The number of carbonyl (C=O) groups is 1. The van der Waals surface area contributed by atoms with Gasteiger partial charge < -0.3 is 18.9 Å². The molecule has 0 spiro atoms. The zero-order valence-electron chi connectivity index (χ0n) is 9.35. The highest BCUT2D eigenvalue weighted by atomic mass is 16.6. The van der Waals surface area contributed by atoms with Crippen LogP contribution in [0.25, 0.3) is 0 Å². The zero-order valence-corrected chi connectivity index (χ0v) is 9.35. The lowest BCUT2D eigenvalue weighted by Gasteiger charge is -2.25. The molecule has 2 atom stereocenters. The van der Waals surface area contributed by atoms with Gasteiger partial charge in [-0.3, -0.25) is 4.79 Å². The van der Waals surface area contributed by atoms with Crippen LogP contribution >= 0.6 is 0 Å². The SMILES string of the molecule is O=C(C[C@@H]1COCCO1)C[C@@H]1COCCO1. The van der Waals surface area contributed by atoms with Crippen molar-refractivity contribution in [1.82, 2.24) is 0 Å². The predicted molar refractivity (Wildman–Crippen MR) is 55.4 cm³/mol. The fraction of sp³-hybridized carbons (Fsp3) is 0.909. The van der Waals surface area contributed by atoms with Crippen LogP contribution in [0.3, 0.4) is 0 Å². The molecule has 2 rings (SSSR count). The molecule has 2 aliphatic heterocycles. The van der Waals surface area contributed by atoms with Crippen LogP contribution in [0, 0.1) is 0 Å². The van der Waals surface area contributed by atoms with E-state index in [9.17, 15) is 4.79 Å². The number of hydrogen-bond donors (Lipinski definition) is 0. The maximum absolute atomic E-state index is 11.7. The third-order valence-electron chi connectivity index (χ3n) is 2.68. The highest BCUT2D eigenvalue weighted by molar-refractivity contribution is 5.79. The highest BCUT2D eigenvalue weighted by Crippen LogP contribution is 2.11. The van der Waals surface area contributed by atoms with Crippen molar-refractivity contribution in [2.45, 2.75) is 25.0 Å². The molecule has 0 radical (unpaired) electrons. The Hall–Kier alpha value is -0.490. The Morgan fingerprint density at radius 1 is 0.875 bits per heavy atom. The summed E-state index contributed by atoms with van der Waals surface area (Å²) in [5.41, 5.74) is 0. The van der Waals surface area contributed by atoms with Gasteiger partial charge in [-0.1, -0.05) is 0 Å². The zero-order chi connectivity index (χ0) is 11.2. The van der Waals surface area contributed by atoms with Crippen LogP contribution in [0.5, 0.6) is 0 Å². The summed E-state index contributed by atoms with van der Waals surface area (Å²) >= 11 is 0. The lowest BCUT2D eigenvalue weighted by molar-refractivity contribution is -0.137. The first-order chi connectivity index (χ1) is 7.84. The van der Waals surface area contributed by atoms with Crippen LogP contribution < -0.4 is 0 Å². The molecule has 0 N–H and O–H groups in total. The van der Waals surface area contributed by atoms with E-state index in [0.29, 0.717) is 52.5 Å². The van der Waals surface area contributed by atoms with Crippen LogP contribution in [0.1, 0.15) is 12.8 Å². The summed E-state index contributed by atoms with van der Waals surface area (Å²) in [7, 11) is 0. The standard InChI is InChI=1S/C11H18O5/c12-9(5-10-7-13-1-3-15-10)6-11-8-14-2-4-16-11/h10-11H,1-8H2/t10-,11-/m1/s1. The average Bonchev–Trinajstić information content (AvgIpc) is 2.31. The van der Waals surface area contributed by atoms with Crippen LogP contribution in [0.4, 0.5) is 0 Å². The molecular formula is C11H18O5. The van der Waals surface area contributed by atoms with Gasteiger partial charge in [0.05, 0.1) is 51.8 Å². The fourth-order valence-electron chi connectivity index (χ4n) is 1.90. The minimum Gasteiger partial charge on any atom is -0.376 e. The van der Waals surface area contributed by atoms with Gasteiger partial charge >= 0.3 is 0 Å². The Morgan fingerprint density at radius 2 is 1.38 bits per heavy atom. The smallest absolute Gasteiger partial charge is 0.138 e. The Kier molecular flexibility index (Phi) is 4.71. The minimum atomic E-state index is -0.0780. The highest BCUT2D eigenvalue weighted by Gasteiger charge is 2.22. The first kappa shape index (κ1) is 12.0. The summed E-state index contributed by atoms with van der Waals surface area (Å²) in [5.74, 6) is 0.158. The van der Waals surface area contributed by atoms with E-state index in [1.54, 1.807) is 0 Å². The maximum atomic E-state index is 11.7. The van der Waals surface area contributed by atoms with E-state index in [1.165, 1.54) is 0 Å². The quantitative estimate of drug-likeness (QED) is 0.689. The summed E-state index contributed by atoms with van der Waals surface area (Å²) in [6.07, 6.45) is 0.677. The van der Waals surface area contributed by atoms with Gasteiger partial charge in [-0.15, -0.1) is 0 Å². The van der Waals surface area contributed by atoms with Crippen LogP contribution in [-0.4, -0.2) is 57.6 Å². The van der Waals surface area contributed by atoms with Crippen molar-refractivity contribution in [3.05, 3.63) is 0 Å². The number of carbonyl (C=O) groups excluding carboxylic acids is 1. The third-order valence-corrected chi connectivity index (χ3v) is 2.68. The predicted octanol–water partition coefficient (Wildman–Crippen LogP) is 0.167. The molecule has 0 unspecified atom stereocenters. The molecule has 2 heterocycles. The number of hydrogen-bond acceptors (Lipinski definition) is 5. The van der Waals surface area contributed by atoms with Crippen LogP contribution in [-0.2, 0) is 23.7 Å².